The summed E-state index contributed by atoms with van der Waals surface area (Å²) >= 11 is 1.65. The summed E-state index contributed by atoms with van der Waals surface area (Å²) in [4.78, 5) is 16.2. The number of aryl methyl sites for hydroxylation is 1. The highest BCUT2D eigenvalue weighted by Gasteiger charge is 2.11. The lowest BCUT2D eigenvalue weighted by molar-refractivity contribution is 0.0689. The molecule has 1 atom stereocenters. The van der Waals surface area contributed by atoms with Gasteiger partial charge in [0.2, 0.25) is 0 Å². The minimum atomic E-state index is -1.08. The first-order valence-corrected chi connectivity index (χ1v) is 6.70. The van der Waals surface area contributed by atoms with Gasteiger partial charge in [0.05, 0.1) is 6.04 Å². The molecule has 0 aliphatic heterocycles. The van der Waals surface area contributed by atoms with Crippen LogP contribution in [0.4, 0.5) is 5.82 Å². The Morgan fingerprint density at radius 1 is 1.47 bits per heavy atom. The van der Waals surface area contributed by atoms with Gasteiger partial charge in [0.25, 0.3) is 0 Å². The first-order chi connectivity index (χ1) is 9.10. The number of nitrogens with one attached hydrogen (secondary N) is 1. The Morgan fingerprint density at radius 3 is 2.79 bits per heavy atom. The summed E-state index contributed by atoms with van der Waals surface area (Å²) in [6, 6.07) is 3.03. The van der Waals surface area contributed by atoms with Crippen LogP contribution in [0, 0.1) is 0 Å². The Labute approximate surface area is 114 Å². The Hall–Kier alpha value is -2.02. The number of anilines is 1. The van der Waals surface area contributed by atoms with Crippen molar-refractivity contribution in [1.82, 2.24) is 15.2 Å². The van der Waals surface area contributed by atoms with Gasteiger partial charge in [0.1, 0.15) is 10.8 Å². The van der Waals surface area contributed by atoms with Gasteiger partial charge in [-0.1, -0.05) is 6.92 Å². The van der Waals surface area contributed by atoms with Crippen LogP contribution >= 0.6 is 11.3 Å². The van der Waals surface area contributed by atoms with Crippen LogP contribution < -0.4 is 5.32 Å². The van der Waals surface area contributed by atoms with E-state index in [1.54, 1.807) is 17.4 Å². The molecule has 0 aliphatic rings. The molecule has 19 heavy (non-hydrogen) atoms. The molecule has 7 heteroatoms. The summed E-state index contributed by atoms with van der Waals surface area (Å²) in [6.07, 6.45) is 2.84. The van der Waals surface area contributed by atoms with Crippen LogP contribution in [-0.2, 0) is 6.42 Å². The Morgan fingerprint density at radius 2 is 2.26 bits per heavy atom. The van der Waals surface area contributed by atoms with E-state index in [0.717, 1.165) is 11.4 Å². The van der Waals surface area contributed by atoms with Gasteiger partial charge in [0, 0.05) is 11.1 Å². The maximum Gasteiger partial charge on any atom is 0.356 e. The summed E-state index contributed by atoms with van der Waals surface area (Å²) in [5.74, 6) is -0.551. The molecular formula is C12H14N4O2S. The highest BCUT2D eigenvalue weighted by Crippen LogP contribution is 2.22. The van der Waals surface area contributed by atoms with E-state index in [4.69, 9.17) is 5.11 Å². The second-order valence-corrected chi connectivity index (χ2v) is 5.14. The van der Waals surface area contributed by atoms with E-state index < -0.39 is 5.97 Å². The second-order valence-electron chi connectivity index (χ2n) is 3.99. The molecule has 0 aromatic carbocycles. The molecule has 2 aromatic rings. The van der Waals surface area contributed by atoms with Gasteiger partial charge in [0.15, 0.2) is 5.69 Å². The van der Waals surface area contributed by atoms with Gasteiger partial charge < -0.3 is 10.4 Å². The van der Waals surface area contributed by atoms with Gasteiger partial charge in [-0.05, 0) is 25.5 Å². The number of aromatic nitrogens is 3. The Kier molecular flexibility index (Phi) is 4.06. The molecule has 0 bridgehead atoms. The number of rotatable bonds is 5. The zero-order valence-electron chi connectivity index (χ0n) is 10.6. The van der Waals surface area contributed by atoms with Crippen LogP contribution in [0.15, 0.2) is 18.3 Å². The lowest BCUT2D eigenvalue weighted by Gasteiger charge is -2.10. The average molecular weight is 278 g/mol. The highest BCUT2D eigenvalue weighted by molar-refractivity contribution is 7.11. The third kappa shape index (κ3) is 3.25. The van der Waals surface area contributed by atoms with Crippen molar-refractivity contribution in [3.05, 3.63) is 33.9 Å². The van der Waals surface area contributed by atoms with Gasteiger partial charge in [-0.3, -0.25) is 0 Å². The number of hydrogen-bond acceptors (Lipinski definition) is 6. The quantitative estimate of drug-likeness (QED) is 0.873. The zero-order valence-corrected chi connectivity index (χ0v) is 11.4. The van der Waals surface area contributed by atoms with Crippen molar-refractivity contribution >= 4 is 23.1 Å². The minimum absolute atomic E-state index is 0.00952. The molecule has 1 unspecified atom stereocenters. The zero-order chi connectivity index (χ0) is 13.8. The number of carboxylic acids is 1. The van der Waals surface area contributed by atoms with Crippen LogP contribution in [0.25, 0.3) is 0 Å². The molecule has 100 valence electrons. The van der Waals surface area contributed by atoms with E-state index >= 15 is 0 Å². The summed E-state index contributed by atoms with van der Waals surface area (Å²) < 4.78 is 0. The summed E-state index contributed by atoms with van der Waals surface area (Å²) in [5, 5.41) is 20.3. The third-order valence-corrected chi connectivity index (χ3v) is 3.86. The fraction of sp³-hybridized carbons (Fsp3) is 0.333. The van der Waals surface area contributed by atoms with Crippen LogP contribution in [-0.4, -0.2) is 26.3 Å². The number of thiazole rings is 1. The lowest BCUT2D eigenvalue weighted by atomic mass is 10.3. The molecule has 2 rings (SSSR count). The number of hydrogen-bond donors (Lipinski definition) is 2. The van der Waals surface area contributed by atoms with Crippen LogP contribution in [0.2, 0.25) is 0 Å². The molecule has 0 saturated carbocycles. The summed E-state index contributed by atoms with van der Waals surface area (Å²) in [5.41, 5.74) is -0.0688. The maximum absolute atomic E-state index is 10.7. The van der Waals surface area contributed by atoms with Crippen LogP contribution in [0.5, 0.6) is 0 Å². The standard InChI is InChI=1S/C12H14N4O2S/c1-3-8-6-13-11(19-8)7(2)14-10-5-4-9(12(17)18)15-16-10/h4-7H,3H2,1-2H3,(H,14,16)(H,17,18). The molecule has 0 spiro atoms. The van der Waals surface area contributed by atoms with E-state index in [1.165, 1.54) is 10.9 Å². The molecule has 0 saturated heterocycles. The topological polar surface area (TPSA) is 88.0 Å². The first kappa shape index (κ1) is 13.4. The van der Waals surface area contributed by atoms with Crippen molar-refractivity contribution in [3.63, 3.8) is 0 Å². The molecule has 0 fully saturated rings. The molecular weight excluding hydrogens is 264 g/mol. The Bertz CT molecular complexity index is 567. The summed E-state index contributed by atoms with van der Waals surface area (Å²) in [6.45, 7) is 4.07. The molecule has 2 N–H and O–H groups in total. The van der Waals surface area contributed by atoms with E-state index in [-0.39, 0.29) is 11.7 Å². The predicted octanol–water partition coefficient (Wildman–Crippen LogP) is 2.37. The SMILES string of the molecule is CCc1cnc(C(C)Nc2ccc(C(=O)O)nn2)s1. The van der Waals surface area contributed by atoms with Crippen molar-refractivity contribution in [2.75, 3.05) is 5.32 Å². The van der Waals surface area contributed by atoms with E-state index in [0.29, 0.717) is 5.82 Å². The molecule has 0 amide bonds. The lowest BCUT2D eigenvalue weighted by Crippen LogP contribution is -2.09. The maximum atomic E-state index is 10.7. The monoisotopic (exact) mass is 278 g/mol. The number of nitrogens with zero attached hydrogens (tertiary/aromatic N) is 3. The van der Waals surface area contributed by atoms with Crippen LogP contribution in [0.3, 0.4) is 0 Å². The van der Waals surface area contributed by atoms with Gasteiger partial charge in [-0.2, -0.15) is 0 Å². The number of aromatic carboxylic acids is 1. The number of carbonyl (C=O) groups is 1. The fourth-order valence-electron chi connectivity index (χ4n) is 1.49. The Balaban J connectivity index is 2.05. The highest BCUT2D eigenvalue weighted by atomic mass is 32.1. The van der Waals surface area contributed by atoms with Gasteiger partial charge >= 0.3 is 5.97 Å². The normalized spacial score (nSPS) is 12.1. The molecule has 2 aromatic heterocycles. The van der Waals surface area contributed by atoms with Gasteiger partial charge in [-0.25, -0.2) is 9.78 Å². The van der Waals surface area contributed by atoms with Crippen molar-refractivity contribution < 1.29 is 9.90 Å². The predicted molar refractivity (Wildman–Crippen MR) is 72.5 cm³/mol. The molecule has 2 heterocycles. The van der Waals surface area contributed by atoms with Gasteiger partial charge in [-0.15, -0.1) is 21.5 Å². The molecule has 0 radical (unpaired) electrons. The van der Waals surface area contributed by atoms with Crippen molar-refractivity contribution in [2.45, 2.75) is 26.3 Å². The fourth-order valence-corrected chi connectivity index (χ4v) is 2.35. The second kappa shape index (κ2) is 5.75. The minimum Gasteiger partial charge on any atom is -0.476 e. The largest absolute Gasteiger partial charge is 0.476 e. The van der Waals surface area contributed by atoms with E-state index in [9.17, 15) is 4.79 Å². The van der Waals surface area contributed by atoms with Crippen molar-refractivity contribution in [2.24, 2.45) is 0 Å². The van der Waals surface area contributed by atoms with E-state index in [1.807, 2.05) is 13.1 Å². The van der Waals surface area contributed by atoms with E-state index in [2.05, 4.69) is 27.4 Å². The average Bonchev–Trinajstić information content (AvgIpc) is 2.88. The number of carboxylic acid groups (broad SMARTS) is 1. The first-order valence-electron chi connectivity index (χ1n) is 5.88. The smallest absolute Gasteiger partial charge is 0.356 e. The molecule has 0 aliphatic carbocycles. The van der Waals surface area contributed by atoms with Crippen molar-refractivity contribution in [3.8, 4) is 0 Å². The van der Waals surface area contributed by atoms with Crippen molar-refractivity contribution in [1.29, 1.82) is 0 Å². The summed E-state index contributed by atoms with van der Waals surface area (Å²) in [7, 11) is 0. The third-order valence-electron chi connectivity index (χ3n) is 2.54. The van der Waals surface area contributed by atoms with Crippen LogP contribution in [0.1, 0.15) is 40.3 Å². The molecule has 6 nitrogen and oxygen atoms in total.